The monoisotopic (exact) mass is 191 g/mol. The summed E-state index contributed by atoms with van der Waals surface area (Å²) in [5.41, 5.74) is 2.68. The highest BCUT2D eigenvalue weighted by molar-refractivity contribution is 5.53. The van der Waals surface area contributed by atoms with Gasteiger partial charge < -0.3 is 9.64 Å². The first kappa shape index (κ1) is 9.53. The van der Waals surface area contributed by atoms with Crippen LogP contribution in [0.5, 0.6) is 0 Å². The number of hydrogen-bond acceptors (Lipinski definition) is 2. The van der Waals surface area contributed by atoms with Gasteiger partial charge in [-0.3, -0.25) is 0 Å². The Morgan fingerprint density at radius 1 is 1.43 bits per heavy atom. The summed E-state index contributed by atoms with van der Waals surface area (Å²) in [6.07, 6.45) is 0.467. The first-order valence-electron chi connectivity index (χ1n) is 5.23. The van der Waals surface area contributed by atoms with Crippen LogP contribution in [0.2, 0.25) is 0 Å². The van der Waals surface area contributed by atoms with E-state index in [0.29, 0.717) is 6.10 Å². The second kappa shape index (κ2) is 4.01. The van der Waals surface area contributed by atoms with Crippen molar-refractivity contribution in [3.05, 3.63) is 29.8 Å². The summed E-state index contributed by atoms with van der Waals surface area (Å²) in [5.74, 6) is 0. The molecular formula is C12H17NO. The largest absolute Gasteiger partial charge is 0.371 e. The van der Waals surface area contributed by atoms with Gasteiger partial charge in [0.25, 0.3) is 0 Å². The van der Waals surface area contributed by atoms with Crippen LogP contribution in [0.15, 0.2) is 24.3 Å². The number of aryl methyl sites for hydroxylation is 1. The third-order valence-corrected chi connectivity index (χ3v) is 2.66. The van der Waals surface area contributed by atoms with E-state index in [4.69, 9.17) is 4.74 Å². The average molecular weight is 191 g/mol. The minimum absolute atomic E-state index is 0.467. The number of para-hydroxylation sites is 1. The Kier molecular flexibility index (Phi) is 2.73. The molecule has 0 spiro atoms. The molecule has 2 heteroatoms. The molecule has 1 aromatic carbocycles. The fourth-order valence-electron chi connectivity index (χ4n) is 1.74. The highest BCUT2D eigenvalue weighted by Crippen LogP contribution is 2.21. The first-order chi connectivity index (χ1) is 6.81. The minimum Gasteiger partial charge on any atom is -0.371 e. The Morgan fingerprint density at radius 2 is 2.14 bits per heavy atom. The summed E-state index contributed by atoms with van der Waals surface area (Å²) in [7, 11) is 0. The third-order valence-electron chi connectivity index (χ3n) is 2.66. The minimum atomic E-state index is 0.467. The van der Waals surface area contributed by atoms with Gasteiger partial charge in [0.1, 0.15) is 0 Å². The van der Waals surface area contributed by atoms with Crippen molar-refractivity contribution in [3.63, 3.8) is 0 Å². The molecule has 1 fully saturated rings. The average Bonchev–Trinajstić information content (AvgIpc) is 2.99. The summed E-state index contributed by atoms with van der Waals surface area (Å²) in [5, 5.41) is 0. The lowest BCUT2D eigenvalue weighted by Gasteiger charge is -2.23. The fraction of sp³-hybridized carbons (Fsp3) is 0.500. The number of likely N-dealkylation sites (N-methyl/N-ethyl adjacent to an activating group) is 1. The fourth-order valence-corrected chi connectivity index (χ4v) is 1.74. The molecule has 0 saturated carbocycles. The smallest absolute Gasteiger partial charge is 0.0984 e. The van der Waals surface area contributed by atoms with E-state index in [9.17, 15) is 0 Å². The third kappa shape index (κ3) is 2.07. The molecule has 1 aliphatic rings. The van der Waals surface area contributed by atoms with E-state index in [2.05, 4.69) is 43.0 Å². The second-order valence-electron chi connectivity index (χ2n) is 3.78. The van der Waals surface area contributed by atoms with Crippen molar-refractivity contribution in [2.45, 2.75) is 20.0 Å². The van der Waals surface area contributed by atoms with Crippen LogP contribution in [0.4, 0.5) is 5.69 Å². The van der Waals surface area contributed by atoms with Crippen LogP contribution in [0, 0.1) is 6.92 Å². The molecule has 0 amide bonds. The van der Waals surface area contributed by atoms with Crippen molar-refractivity contribution in [1.82, 2.24) is 0 Å². The van der Waals surface area contributed by atoms with Crippen molar-refractivity contribution >= 4 is 5.69 Å². The molecule has 0 bridgehead atoms. The van der Waals surface area contributed by atoms with Gasteiger partial charge in [0, 0.05) is 18.8 Å². The van der Waals surface area contributed by atoms with Crippen LogP contribution in [0.3, 0.4) is 0 Å². The molecule has 0 aromatic heterocycles. The zero-order valence-corrected chi connectivity index (χ0v) is 8.86. The van der Waals surface area contributed by atoms with Crippen molar-refractivity contribution in [2.75, 3.05) is 24.6 Å². The van der Waals surface area contributed by atoms with Gasteiger partial charge in [-0.15, -0.1) is 0 Å². The molecule has 76 valence electrons. The van der Waals surface area contributed by atoms with E-state index in [0.717, 1.165) is 19.7 Å². The summed E-state index contributed by atoms with van der Waals surface area (Å²) < 4.78 is 5.26. The number of hydrogen-bond donors (Lipinski definition) is 0. The second-order valence-corrected chi connectivity index (χ2v) is 3.78. The number of epoxide rings is 1. The summed E-state index contributed by atoms with van der Waals surface area (Å²) in [4.78, 5) is 2.38. The van der Waals surface area contributed by atoms with Crippen LogP contribution in [-0.2, 0) is 4.74 Å². The number of anilines is 1. The van der Waals surface area contributed by atoms with E-state index in [1.165, 1.54) is 11.3 Å². The lowest BCUT2D eigenvalue weighted by atomic mass is 10.2. The number of ether oxygens (including phenoxy) is 1. The number of benzene rings is 1. The van der Waals surface area contributed by atoms with Gasteiger partial charge in [0.05, 0.1) is 12.7 Å². The maximum atomic E-state index is 5.26. The van der Waals surface area contributed by atoms with Crippen LogP contribution < -0.4 is 4.90 Å². The Bertz CT molecular complexity index is 307. The molecule has 1 atom stereocenters. The molecule has 0 N–H and O–H groups in total. The van der Waals surface area contributed by atoms with Crippen LogP contribution >= 0.6 is 0 Å². The summed E-state index contributed by atoms with van der Waals surface area (Å²) >= 11 is 0. The maximum Gasteiger partial charge on any atom is 0.0984 e. The molecular weight excluding hydrogens is 174 g/mol. The highest BCUT2D eigenvalue weighted by atomic mass is 16.6. The predicted octanol–water partition coefficient (Wildman–Crippen LogP) is 2.22. The summed E-state index contributed by atoms with van der Waals surface area (Å²) in [6, 6.07) is 8.52. The Labute approximate surface area is 85.5 Å². The maximum absolute atomic E-state index is 5.26. The van der Waals surface area contributed by atoms with Gasteiger partial charge in [-0.1, -0.05) is 18.2 Å². The lowest BCUT2D eigenvalue weighted by molar-refractivity contribution is 0.408. The molecule has 1 aliphatic heterocycles. The van der Waals surface area contributed by atoms with Crippen LogP contribution in [0.25, 0.3) is 0 Å². The lowest BCUT2D eigenvalue weighted by Crippen LogP contribution is -2.27. The molecule has 2 nitrogen and oxygen atoms in total. The molecule has 14 heavy (non-hydrogen) atoms. The van der Waals surface area contributed by atoms with E-state index in [1.54, 1.807) is 0 Å². The van der Waals surface area contributed by atoms with E-state index >= 15 is 0 Å². The van der Waals surface area contributed by atoms with Crippen molar-refractivity contribution in [3.8, 4) is 0 Å². The molecule has 1 heterocycles. The highest BCUT2D eigenvalue weighted by Gasteiger charge is 2.25. The number of rotatable bonds is 4. The van der Waals surface area contributed by atoms with E-state index in [-0.39, 0.29) is 0 Å². The Balaban J connectivity index is 2.12. The van der Waals surface area contributed by atoms with E-state index < -0.39 is 0 Å². The van der Waals surface area contributed by atoms with Crippen LogP contribution in [-0.4, -0.2) is 25.8 Å². The molecule has 1 aromatic rings. The molecule has 2 rings (SSSR count). The van der Waals surface area contributed by atoms with Gasteiger partial charge in [0.15, 0.2) is 0 Å². The van der Waals surface area contributed by atoms with Crippen LogP contribution in [0.1, 0.15) is 12.5 Å². The zero-order valence-electron chi connectivity index (χ0n) is 8.86. The van der Waals surface area contributed by atoms with Gasteiger partial charge in [-0.2, -0.15) is 0 Å². The standard InChI is InChI=1S/C12H17NO/c1-3-13(8-11-9-14-11)12-7-5-4-6-10(12)2/h4-7,11H,3,8-9H2,1-2H3. The zero-order chi connectivity index (χ0) is 9.97. The van der Waals surface area contributed by atoms with Gasteiger partial charge in [-0.25, -0.2) is 0 Å². The predicted molar refractivity (Wildman–Crippen MR) is 58.8 cm³/mol. The molecule has 1 unspecified atom stereocenters. The number of nitrogens with zero attached hydrogens (tertiary/aromatic N) is 1. The van der Waals surface area contributed by atoms with Gasteiger partial charge >= 0.3 is 0 Å². The quantitative estimate of drug-likeness (QED) is 0.678. The molecule has 1 saturated heterocycles. The molecule has 0 radical (unpaired) electrons. The Morgan fingerprint density at radius 3 is 2.71 bits per heavy atom. The summed E-state index contributed by atoms with van der Waals surface area (Å²) in [6.45, 7) is 7.36. The van der Waals surface area contributed by atoms with Crippen molar-refractivity contribution in [2.24, 2.45) is 0 Å². The van der Waals surface area contributed by atoms with Gasteiger partial charge in [0.2, 0.25) is 0 Å². The topological polar surface area (TPSA) is 15.8 Å². The Hall–Kier alpha value is -1.02. The SMILES string of the molecule is CCN(CC1CO1)c1ccccc1C. The van der Waals surface area contributed by atoms with E-state index in [1.807, 2.05) is 0 Å². The molecule has 0 aliphatic carbocycles. The normalized spacial score (nSPS) is 19.4. The van der Waals surface area contributed by atoms with Gasteiger partial charge in [-0.05, 0) is 25.5 Å². The van der Waals surface area contributed by atoms with Crippen molar-refractivity contribution < 1.29 is 4.74 Å². The van der Waals surface area contributed by atoms with Crippen molar-refractivity contribution in [1.29, 1.82) is 0 Å². The first-order valence-corrected chi connectivity index (χ1v) is 5.23.